The maximum absolute atomic E-state index is 12.7. The summed E-state index contributed by atoms with van der Waals surface area (Å²) in [6.07, 6.45) is -2.83. The molecule has 1 aliphatic heterocycles. The lowest BCUT2D eigenvalue weighted by Crippen LogP contribution is -2.57. The summed E-state index contributed by atoms with van der Waals surface area (Å²) in [6, 6.07) is 8.59. The number of carbonyl (C=O) groups excluding carboxylic acids is 1. The van der Waals surface area contributed by atoms with E-state index in [0.29, 0.717) is 43.7 Å². The Morgan fingerprint density at radius 2 is 1.73 bits per heavy atom. The zero-order valence-electron chi connectivity index (χ0n) is 16.0. The van der Waals surface area contributed by atoms with Crippen molar-refractivity contribution >= 4 is 36.4 Å². The number of pyridine rings is 1. The quantitative estimate of drug-likeness (QED) is 0.728. The third-order valence-corrected chi connectivity index (χ3v) is 4.63. The second kappa shape index (κ2) is 10.3. The van der Waals surface area contributed by atoms with Gasteiger partial charge >= 0.3 is 6.18 Å². The minimum Gasteiger partial charge on any atom is -0.439 e. The van der Waals surface area contributed by atoms with E-state index in [2.05, 4.69) is 4.98 Å². The number of hydrogen-bond acceptors (Lipinski definition) is 5. The summed E-state index contributed by atoms with van der Waals surface area (Å²) in [6.45, 7) is 0.895. The van der Waals surface area contributed by atoms with Crippen LogP contribution in [-0.2, 0) is 15.7 Å². The summed E-state index contributed by atoms with van der Waals surface area (Å²) >= 11 is 0. The number of halogens is 5. The number of hydrogen-bond donors (Lipinski definition) is 1. The van der Waals surface area contributed by atoms with Crippen LogP contribution in [0.5, 0.6) is 11.6 Å². The molecule has 1 amide bonds. The van der Waals surface area contributed by atoms with Crippen LogP contribution in [0.3, 0.4) is 0 Å². The van der Waals surface area contributed by atoms with Gasteiger partial charge in [0.1, 0.15) is 11.3 Å². The van der Waals surface area contributed by atoms with Crippen molar-refractivity contribution in [1.82, 2.24) is 4.98 Å². The molecule has 1 aromatic heterocycles. The van der Waals surface area contributed by atoms with Crippen molar-refractivity contribution in [2.75, 3.05) is 25.2 Å². The first-order chi connectivity index (χ1) is 13.2. The summed E-state index contributed by atoms with van der Waals surface area (Å²) < 4.78 is 48.4. The SMILES string of the molecule is CN(C(=O)C1(N)CCOCC1)c1ccc(Oc2ccc(C(F)(F)F)cn2)cc1.Cl.Cl. The van der Waals surface area contributed by atoms with Crippen molar-refractivity contribution in [2.24, 2.45) is 5.73 Å². The molecule has 3 rings (SSSR count). The highest BCUT2D eigenvalue weighted by molar-refractivity contribution is 5.99. The lowest BCUT2D eigenvalue weighted by molar-refractivity contribution is -0.137. The number of anilines is 1. The molecule has 1 saturated heterocycles. The van der Waals surface area contributed by atoms with Crippen LogP contribution >= 0.6 is 24.8 Å². The molecule has 0 radical (unpaired) electrons. The molecule has 0 aliphatic carbocycles. The first-order valence-corrected chi connectivity index (χ1v) is 8.65. The van der Waals surface area contributed by atoms with E-state index in [1.165, 1.54) is 4.90 Å². The standard InChI is InChI=1S/C19H20F3N3O3.2ClH/c1-25(17(26)18(23)8-10-27-11-9-18)14-3-5-15(6-4-14)28-16-7-2-13(12-24-16)19(20,21)22;;/h2-7,12H,8-11,23H2,1H3;2*1H. The van der Waals surface area contributed by atoms with Crippen LogP contribution < -0.4 is 15.4 Å². The van der Waals surface area contributed by atoms with Gasteiger partial charge in [0.25, 0.3) is 0 Å². The molecule has 2 aromatic rings. The number of aromatic nitrogens is 1. The van der Waals surface area contributed by atoms with Gasteiger partial charge in [-0.15, -0.1) is 24.8 Å². The van der Waals surface area contributed by atoms with Crippen LogP contribution in [0.4, 0.5) is 18.9 Å². The van der Waals surface area contributed by atoms with Gasteiger partial charge in [-0.2, -0.15) is 13.2 Å². The summed E-state index contributed by atoms with van der Waals surface area (Å²) in [4.78, 5) is 17.9. The fourth-order valence-electron chi connectivity index (χ4n) is 2.87. The number of alkyl halides is 3. The molecule has 0 saturated carbocycles. The van der Waals surface area contributed by atoms with Crippen molar-refractivity contribution in [3.63, 3.8) is 0 Å². The van der Waals surface area contributed by atoms with E-state index >= 15 is 0 Å². The topological polar surface area (TPSA) is 77.7 Å². The van der Waals surface area contributed by atoms with Gasteiger partial charge in [-0.3, -0.25) is 4.79 Å². The first kappa shape index (κ1) is 26.0. The highest BCUT2D eigenvalue weighted by atomic mass is 35.5. The fraction of sp³-hybridized carbons (Fsp3) is 0.368. The van der Waals surface area contributed by atoms with Gasteiger partial charge in [0.15, 0.2) is 0 Å². The lowest BCUT2D eigenvalue weighted by atomic mass is 9.89. The Balaban J connectivity index is 0.00000225. The number of benzene rings is 1. The number of rotatable bonds is 4. The smallest absolute Gasteiger partial charge is 0.417 e. The Hall–Kier alpha value is -2.07. The molecule has 0 bridgehead atoms. The normalized spacial score (nSPS) is 15.4. The number of amides is 1. The van der Waals surface area contributed by atoms with Crippen LogP contribution in [0.25, 0.3) is 0 Å². The number of nitrogens with zero attached hydrogens (tertiary/aromatic N) is 2. The van der Waals surface area contributed by atoms with Gasteiger partial charge in [0.2, 0.25) is 11.8 Å². The van der Waals surface area contributed by atoms with Crippen LogP contribution in [0.15, 0.2) is 42.6 Å². The Labute approximate surface area is 184 Å². The predicted molar refractivity (Wildman–Crippen MR) is 111 cm³/mol. The average Bonchev–Trinajstić information content (AvgIpc) is 2.68. The molecule has 2 heterocycles. The molecule has 0 atom stereocenters. The monoisotopic (exact) mass is 467 g/mol. The van der Waals surface area contributed by atoms with Crippen LogP contribution in [-0.4, -0.2) is 36.7 Å². The molecule has 1 aliphatic rings. The molecule has 0 spiro atoms. The van der Waals surface area contributed by atoms with Gasteiger partial charge in [0.05, 0.1) is 5.56 Å². The minimum atomic E-state index is -4.45. The Bertz CT molecular complexity index is 828. The van der Waals surface area contributed by atoms with E-state index in [9.17, 15) is 18.0 Å². The first-order valence-electron chi connectivity index (χ1n) is 8.65. The van der Waals surface area contributed by atoms with Crippen LogP contribution in [0.1, 0.15) is 18.4 Å². The maximum Gasteiger partial charge on any atom is 0.417 e. The minimum absolute atomic E-state index is 0. The molecule has 1 aromatic carbocycles. The Morgan fingerprint density at radius 1 is 1.13 bits per heavy atom. The van der Waals surface area contributed by atoms with Crippen molar-refractivity contribution < 1.29 is 27.4 Å². The van der Waals surface area contributed by atoms with Crippen molar-refractivity contribution in [3.8, 4) is 11.6 Å². The zero-order chi connectivity index (χ0) is 20.4. The number of nitrogens with two attached hydrogens (primary N) is 1. The highest BCUT2D eigenvalue weighted by Gasteiger charge is 2.38. The molecule has 166 valence electrons. The predicted octanol–water partition coefficient (Wildman–Crippen LogP) is 4.21. The van der Waals surface area contributed by atoms with Gasteiger partial charge in [0, 0.05) is 38.2 Å². The molecule has 0 unspecified atom stereocenters. The van der Waals surface area contributed by atoms with Crippen molar-refractivity contribution in [1.29, 1.82) is 0 Å². The van der Waals surface area contributed by atoms with Crippen molar-refractivity contribution in [2.45, 2.75) is 24.6 Å². The second-order valence-electron chi connectivity index (χ2n) is 6.61. The fourth-order valence-corrected chi connectivity index (χ4v) is 2.87. The van der Waals surface area contributed by atoms with Gasteiger partial charge < -0.3 is 20.1 Å². The van der Waals surface area contributed by atoms with E-state index in [4.69, 9.17) is 15.2 Å². The Kier molecular flexibility index (Phi) is 8.91. The highest BCUT2D eigenvalue weighted by Crippen LogP contribution is 2.30. The van der Waals surface area contributed by atoms with E-state index in [0.717, 1.165) is 12.1 Å². The molecule has 1 fully saturated rings. The molecule has 2 N–H and O–H groups in total. The zero-order valence-corrected chi connectivity index (χ0v) is 17.6. The summed E-state index contributed by atoms with van der Waals surface area (Å²) in [5, 5.41) is 0. The number of carbonyl (C=O) groups is 1. The largest absolute Gasteiger partial charge is 0.439 e. The molecule has 11 heteroatoms. The van der Waals surface area contributed by atoms with Gasteiger partial charge in [-0.1, -0.05) is 0 Å². The van der Waals surface area contributed by atoms with E-state index in [1.54, 1.807) is 31.3 Å². The van der Waals surface area contributed by atoms with Gasteiger partial charge in [-0.25, -0.2) is 4.98 Å². The summed E-state index contributed by atoms with van der Waals surface area (Å²) in [5.41, 5.74) is 5.05. The maximum atomic E-state index is 12.7. The summed E-state index contributed by atoms with van der Waals surface area (Å²) in [7, 11) is 1.64. The van der Waals surface area contributed by atoms with E-state index in [-0.39, 0.29) is 36.6 Å². The molecule has 30 heavy (non-hydrogen) atoms. The molecule has 6 nitrogen and oxygen atoms in total. The number of ether oxygens (including phenoxy) is 2. The molecular weight excluding hydrogens is 446 g/mol. The third kappa shape index (κ3) is 5.98. The average molecular weight is 468 g/mol. The van der Waals surface area contributed by atoms with E-state index < -0.39 is 17.3 Å². The van der Waals surface area contributed by atoms with E-state index in [1.807, 2.05) is 0 Å². The molecular formula is C19H22Cl2F3N3O3. The summed E-state index contributed by atoms with van der Waals surface area (Å²) in [5.74, 6) is 0.215. The number of likely N-dealkylation sites (N-methyl/N-ethyl adjacent to an activating group) is 1. The second-order valence-corrected chi connectivity index (χ2v) is 6.61. The van der Waals surface area contributed by atoms with Gasteiger partial charge in [-0.05, 0) is 43.2 Å². The van der Waals surface area contributed by atoms with Crippen LogP contribution in [0, 0.1) is 0 Å². The Morgan fingerprint density at radius 3 is 2.23 bits per heavy atom. The van der Waals surface area contributed by atoms with Crippen LogP contribution in [0.2, 0.25) is 0 Å². The third-order valence-electron chi connectivity index (χ3n) is 4.63. The van der Waals surface area contributed by atoms with Crippen molar-refractivity contribution in [3.05, 3.63) is 48.2 Å². The lowest BCUT2D eigenvalue weighted by Gasteiger charge is -2.35.